The highest BCUT2D eigenvalue weighted by molar-refractivity contribution is 5.53. The average Bonchev–Trinajstić information content (AvgIpc) is 2.46. The Morgan fingerprint density at radius 3 is 2.57 bits per heavy atom. The van der Waals surface area contributed by atoms with Gasteiger partial charge >= 0.3 is 0 Å². The molecule has 0 radical (unpaired) electrons. The number of carbonyl (C=O) groups excluding carboxylic acids is 1. The van der Waals surface area contributed by atoms with Gasteiger partial charge in [-0.05, 0) is 36.0 Å². The Morgan fingerprint density at radius 2 is 2.14 bits per heavy atom. The molecule has 1 nitrogen and oxygen atoms in total. The third-order valence-electron chi connectivity index (χ3n) is 5.07. The average molecular weight is 192 g/mol. The third kappa shape index (κ3) is 1.04. The Morgan fingerprint density at radius 1 is 1.43 bits per heavy atom. The Balaban J connectivity index is 2.31. The summed E-state index contributed by atoms with van der Waals surface area (Å²) in [5, 5.41) is 0. The van der Waals surface area contributed by atoms with Crippen LogP contribution < -0.4 is 0 Å². The number of allylic oxidation sites excluding steroid dienone is 2. The van der Waals surface area contributed by atoms with Crippen LogP contribution in [0.5, 0.6) is 0 Å². The molecular weight excluding hydrogens is 172 g/mol. The first-order valence-electron chi connectivity index (χ1n) is 5.65. The molecule has 0 aromatic carbocycles. The second kappa shape index (κ2) is 2.95. The molecule has 0 spiro atoms. The first kappa shape index (κ1) is 9.95. The van der Waals surface area contributed by atoms with Crippen LogP contribution in [0.4, 0.5) is 0 Å². The van der Waals surface area contributed by atoms with Crippen molar-refractivity contribution in [3.63, 3.8) is 0 Å². The summed E-state index contributed by atoms with van der Waals surface area (Å²) in [6.45, 7) is 7.18. The monoisotopic (exact) mass is 192 g/mol. The second-order valence-electron chi connectivity index (χ2n) is 5.63. The molecule has 2 rings (SSSR count). The molecule has 0 amide bonds. The van der Waals surface area contributed by atoms with Crippen molar-refractivity contribution in [2.75, 3.05) is 0 Å². The van der Waals surface area contributed by atoms with Crippen molar-refractivity contribution in [2.45, 2.75) is 46.5 Å². The van der Waals surface area contributed by atoms with Crippen molar-refractivity contribution in [3.8, 4) is 0 Å². The maximum absolute atomic E-state index is 10.4. The standard InChI is InChI=1S/C13H20O/c1-12(2)10-6-7-13(12,3)11(9-10)5-4-8-14/h5,8,10H,4,6-7,9H2,1-3H3/b11-5+/t10-,13+/m1/s1. The largest absolute Gasteiger partial charge is 0.303 e. The zero-order chi connectivity index (χ0) is 10.4. The molecule has 0 saturated heterocycles. The fourth-order valence-corrected chi connectivity index (χ4v) is 3.52. The van der Waals surface area contributed by atoms with Gasteiger partial charge in [-0.25, -0.2) is 0 Å². The molecule has 0 aromatic heterocycles. The van der Waals surface area contributed by atoms with Crippen LogP contribution in [-0.4, -0.2) is 6.29 Å². The molecule has 2 fully saturated rings. The number of fused-ring (bicyclic) bond motifs is 2. The lowest BCUT2D eigenvalue weighted by Crippen LogP contribution is -2.28. The summed E-state index contributed by atoms with van der Waals surface area (Å²) in [6, 6.07) is 0. The smallest absolute Gasteiger partial charge is 0.123 e. The van der Waals surface area contributed by atoms with E-state index in [1.807, 2.05) is 0 Å². The fourth-order valence-electron chi connectivity index (χ4n) is 3.52. The van der Waals surface area contributed by atoms with E-state index in [0.717, 1.165) is 12.2 Å². The van der Waals surface area contributed by atoms with Gasteiger partial charge in [0.15, 0.2) is 0 Å². The first-order chi connectivity index (χ1) is 6.52. The molecule has 2 atom stereocenters. The predicted octanol–water partition coefficient (Wildman–Crippen LogP) is 3.35. The summed E-state index contributed by atoms with van der Waals surface area (Å²) < 4.78 is 0. The van der Waals surface area contributed by atoms with E-state index < -0.39 is 0 Å². The second-order valence-corrected chi connectivity index (χ2v) is 5.63. The summed E-state index contributed by atoms with van der Waals surface area (Å²) >= 11 is 0. The summed E-state index contributed by atoms with van der Waals surface area (Å²) in [7, 11) is 0. The quantitative estimate of drug-likeness (QED) is 0.484. The van der Waals surface area contributed by atoms with Crippen molar-refractivity contribution in [3.05, 3.63) is 11.6 Å². The van der Waals surface area contributed by atoms with Crippen LogP contribution >= 0.6 is 0 Å². The van der Waals surface area contributed by atoms with Gasteiger partial charge in [-0.3, -0.25) is 0 Å². The molecule has 1 heteroatoms. The van der Waals surface area contributed by atoms with Crippen LogP contribution in [0.15, 0.2) is 11.6 Å². The number of hydrogen-bond acceptors (Lipinski definition) is 1. The van der Waals surface area contributed by atoms with Gasteiger partial charge in [0.1, 0.15) is 6.29 Å². The number of rotatable bonds is 2. The predicted molar refractivity (Wildman–Crippen MR) is 58.0 cm³/mol. The Labute approximate surface area is 86.6 Å². The molecule has 0 aromatic rings. The molecular formula is C13H20O. The van der Waals surface area contributed by atoms with Gasteiger partial charge in [-0.15, -0.1) is 0 Å². The SMILES string of the molecule is CC1(C)[C@@H]2CC[C@@]1(C)/C(=C/CC=O)C2. The molecule has 2 aliphatic rings. The Hall–Kier alpha value is -0.590. The van der Waals surface area contributed by atoms with Crippen molar-refractivity contribution in [1.29, 1.82) is 0 Å². The lowest BCUT2D eigenvalue weighted by molar-refractivity contribution is -0.107. The van der Waals surface area contributed by atoms with E-state index in [9.17, 15) is 4.79 Å². The number of hydrogen-bond donors (Lipinski definition) is 0. The summed E-state index contributed by atoms with van der Waals surface area (Å²) in [6.07, 6.45) is 7.71. The maximum Gasteiger partial charge on any atom is 0.123 e. The van der Waals surface area contributed by atoms with Gasteiger partial charge in [0.25, 0.3) is 0 Å². The van der Waals surface area contributed by atoms with E-state index in [1.54, 1.807) is 5.57 Å². The topological polar surface area (TPSA) is 17.1 Å². The van der Waals surface area contributed by atoms with Gasteiger partial charge in [0.05, 0.1) is 0 Å². The molecule has 0 N–H and O–H groups in total. The van der Waals surface area contributed by atoms with Crippen LogP contribution in [0.3, 0.4) is 0 Å². The molecule has 0 heterocycles. The summed E-state index contributed by atoms with van der Waals surface area (Å²) in [4.78, 5) is 10.4. The molecule has 78 valence electrons. The van der Waals surface area contributed by atoms with Crippen molar-refractivity contribution in [1.82, 2.24) is 0 Å². The van der Waals surface area contributed by atoms with Crippen molar-refractivity contribution < 1.29 is 4.79 Å². The lowest BCUT2D eigenvalue weighted by atomic mass is 9.69. The molecule has 2 saturated carbocycles. The van der Waals surface area contributed by atoms with Gasteiger partial charge in [-0.1, -0.05) is 32.4 Å². The van der Waals surface area contributed by atoms with Crippen molar-refractivity contribution in [2.24, 2.45) is 16.7 Å². The minimum Gasteiger partial charge on any atom is -0.303 e. The molecule has 2 aliphatic carbocycles. The zero-order valence-corrected chi connectivity index (χ0v) is 9.47. The van der Waals surface area contributed by atoms with Crippen LogP contribution in [0.2, 0.25) is 0 Å². The van der Waals surface area contributed by atoms with Gasteiger partial charge in [0.2, 0.25) is 0 Å². The van der Waals surface area contributed by atoms with Gasteiger partial charge in [-0.2, -0.15) is 0 Å². The van der Waals surface area contributed by atoms with Crippen LogP contribution in [-0.2, 0) is 4.79 Å². The third-order valence-corrected chi connectivity index (χ3v) is 5.07. The Kier molecular flexibility index (Phi) is 2.09. The normalized spacial score (nSPS) is 41.9. The summed E-state index contributed by atoms with van der Waals surface area (Å²) in [5.74, 6) is 0.852. The highest BCUT2D eigenvalue weighted by atomic mass is 16.1. The fraction of sp³-hybridized carbons (Fsp3) is 0.769. The minimum atomic E-state index is 0.376. The van der Waals surface area contributed by atoms with E-state index in [4.69, 9.17) is 0 Å². The highest BCUT2D eigenvalue weighted by Gasteiger charge is 2.58. The minimum absolute atomic E-state index is 0.376. The lowest BCUT2D eigenvalue weighted by Gasteiger charge is -2.35. The highest BCUT2D eigenvalue weighted by Crippen LogP contribution is 2.67. The summed E-state index contributed by atoms with van der Waals surface area (Å²) in [5.41, 5.74) is 2.37. The Bertz CT molecular complexity index is 288. The van der Waals surface area contributed by atoms with E-state index in [-0.39, 0.29) is 0 Å². The molecule has 0 aliphatic heterocycles. The van der Waals surface area contributed by atoms with Crippen LogP contribution in [0.1, 0.15) is 46.5 Å². The van der Waals surface area contributed by atoms with Gasteiger partial charge in [0, 0.05) is 6.42 Å². The van der Waals surface area contributed by atoms with E-state index in [2.05, 4.69) is 26.8 Å². The van der Waals surface area contributed by atoms with E-state index in [1.165, 1.54) is 19.3 Å². The molecule has 2 bridgehead atoms. The zero-order valence-electron chi connectivity index (χ0n) is 9.47. The maximum atomic E-state index is 10.4. The number of aldehydes is 1. The number of carbonyl (C=O) groups is 1. The molecule has 0 unspecified atom stereocenters. The van der Waals surface area contributed by atoms with E-state index >= 15 is 0 Å². The van der Waals surface area contributed by atoms with Crippen LogP contribution in [0.25, 0.3) is 0 Å². The first-order valence-corrected chi connectivity index (χ1v) is 5.65. The van der Waals surface area contributed by atoms with Crippen molar-refractivity contribution >= 4 is 6.29 Å². The van der Waals surface area contributed by atoms with Crippen LogP contribution in [0, 0.1) is 16.7 Å². The van der Waals surface area contributed by atoms with Gasteiger partial charge < -0.3 is 4.79 Å². The van der Waals surface area contributed by atoms with E-state index in [0.29, 0.717) is 17.3 Å². The molecule has 14 heavy (non-hydrogen) atoms.